The van der Waals surface area contributed by atoms with Crippen LogP contribution in [0.15, 0.2) is 12.1 Å². The van der Waals surface area contributed by atoms with Gasteiger partial charge in [0.05, 0.1) is 9.71 Å². The van der Waals surface area contributed by atoms with Crippen molar-refractivity contribution >= 4 is 21.6 Å². The van der Waals surface area contributed by atoms with E-state index < -0.39 is 0 Å². The fourth-order valence-electron chi connectivity index (χ4n) is 4.25. The zero-order valence-corrected chi connectivity index (χ0v) is 20.5. The van der Waals surface area contributed by atoms with Gasteiger partial charge >= 0.3 is 0 Å². The van der Waals surface area contributed by atoms with Crippen molar-refractivity contribution in [2.75, 3.05) is 0 Å². The molecule has 1 unspecified atom stereocenters. The van der Waals surface area contributed by atoms with Crippen LogP contribution in [-0.2, 0) is 10.8 Å². The summed E-state index contributed by atoms with van der Waals surface area (Å²) >= 11 is 1.71. The molecule has 3 heteroatoms. The molecule has 0 spiro atoms. The molecule has 2 rings (SSSR count). The molecule has 1 nitrogen and oxygen atoms in total. The first kappa shape index (κ1) is 24.3. The minimum absolute atomic E-state index is 0.0427. The number of hydrogen-bond donors (Lipinski definition) is 0. The van der Waals surface area contributed by atoms with Gasteiger partial charge in [0, 0.05) is 5.41 Å². The summed E-state index contributed by atoms with van der Waals surface area (Å²) in [4.78, 5) is 4.75. The van der Waals surface area contributed by atoms with Crippen LogP contribution in [0.2, 0.25) is 0 Å². The van der Waals surface area contributed by atoms with E-state index >= 15 is 4.39 Å². The molecular weight excluding hydrogens is 377 g/mol. The van der Waals surface area contributed by atoms with E-state index in [0.717, 1.165) is 35.4 Å². The largest absolute Gasteiger partial charge is 0.238 e. The van der Waals surface area contributed by atoms with Gasteiger partial charge in [0.15, 0.2) is 5.82 Å². The highest BCUT2D eigenvalue weighted by molar-refractivity contribution is 7.18. The van der Waals surface area contributed by atoms with E-state index in [2.05, 4.69) is 47.6 Å². The van der Waals surface area contributed by atoms with Crippen molar-refractivity contribution in [3.63, 3.8) is 0 Å². The molecular formula is C26H42FNS. The van der Waals surface area contributed by atoms with Gasteiger partial charge in [0.25, 0.3) is 0 Å². The molecule has 1 atom stereocenters. The molecule has 1 aromatic heterocycles. The number of nitrogens with zero attached hydrogens (tertiary/aromatic N) is 1. The predicted octanol–water partition coefficient (Wildman–Crippen LogP) is 9.32. The molecule has 0 saturated carbocycles. The zero-order valence-electron chi connectivity index (χ0n) is 19.7. The summed E-state index contributed by atoms with van der Waals surface area (Å²) in [6, 6.07) is 4.05. The van der Waals surface area contributed by atoms with Gasteiger partial charge < -0.3 is 0 Å². The third kappa shape index (κ3) is 5.81. The minimum Gasteiger partial charge on any atom is -0.238 e. The van der Waals surface area contributed by atoms with Crippen LogP contribution in [0.1, 0.15) is 123 Å². The van der Waals surface area contributed by atoms with Crippen LogP contribution >= 0.6 is 11.3 Å². The normalized spacial score (nSPS) is 14.4. The van der Waals surface area contributed by atoms with E-state index in [1.165, 1.54) is 50.5 Å². The van der Waals surface area contributed by atoms with Crippen molar-refractivity contribution in [3.05, 3.63) is 28.5 Å². The van der Waals surface area contributed by atoms with Crippen molar-refractivity contribution in [1.82, 2.24) is 4.98 Å². The van der Waals surface area contributed by atoms with Gasteiger partial charge in [-0.3, -0.25) is 0 Å². The smallest absolute Gasteiger partial charge is 0.150 e. The molecule has 0 bridgehead atoms. The summed E-state index contributed by atoms with van der Waals surface area (Å²) < 4.78 is 16.2. The van der Waals surface area contributed by atoms with Gasteiger partial charge in [0.1, 0.15) is 5.52 Å². The van der Waals surface area contributed by atoms with Crippen LogP contribution in [0.5, 0.6) is 0 Å². The molecule has 0 aliphatic heterocycles. The van der Waals surface area contributed by atoms with E-state index in [0.29, 0.717) is 5.52 Å². The minimum atomic E-state index is -0.136. The zero-order chi connectivity index (χ0) is 21.5. The number of thiazole rings is 1. The van der Waals surface area contributed by atoms with Gasteiger partial charge in [-0.1, -0.05) is 86.5 Å². The van der Waals surface area contributed by atoms with E-state index in [-0.39, 0.29) is 16.6 Å². The lowest BCUT2D eigenvalue weighted by molar-refractivity contribution is 0.367. The highest BCUT2D eigenvalue weighted by Gasteiger charge is 2.30. The average Bonchev–Trinajstić information content (AvgIpc) is 3.17. The number of benzene rings is 1. The second-order valence-corrected chi connectivity index (χ2v) is 10.5. The number of halogens is 1. The van der Waals surface area contributed by atoms with Crippen LogP contribution in [0.25, 0.3) is 10.2 Å². The highest BCUT2D eigenvalue weighted by atomic mass is 32.1. The molecule has 29 heavy (non-hydrogen) atoms. The molecule has 164 valence electrons. The molecule has 2 aromatic rings. The Balaban J connectivity index is 2.36. The summed E-state index contributed by atoms with van der Waals surface area (Å²) in [5.41, 5.74) is 1.85. The van der Waals surface area contributed by atoms with E-state index in [1.54, 1.807) is 17.4 Å². The second kappa shape index (κ2) is 10.9. The molecule has 0 saturated heterocycles. The van der Waals surface area contributed by atoms with Crippen LogP contribution in [-0.4, -0.2) is 4.98 Å². The molecule has 1 heterocycles. The quantitative estimate of drug-likeness (QED) is 0.295. The van der Waals surface area contributed by atoms with Gasteiger partial charge in [-0.25, -0.2) is 9.37 Å². The first-order valence-corrected chi connectivity index (χ1v) is 12.8. The Morgan fingerprint density at radius 3 is 2.07 bits per heavy atom. The summed E-state index contributed by atoms with van der Waals surface area (Å²) in [6.07, 6.45) is 13.2. The van der Waals surface area contributed by atoms with Gasteiger partial charge in [0.2, 0.25) is 0 Å². The SMILES string of the molecule is CCCCCCCC(C)(CCCC)c1cc(F)c2nc(C(C)(CC)CC)sc2c1. The standard InChI is InChI=1S/C26H42FNS/c1-7-11-13-14-15-17-26(6,16-12-8-2)20-18-21(27)23-22(19-20)29-24(28-23)25(5,9-3)10-4/h18-19H,7-17H2,1-6H3. The Bertz CT molecular complexity index is 761. The van der Waals surface area contributed by atoms with Crippen LogP contribution in [0.4, 0.5) is 4.39 Å². The topological polar surface area (TPSA) is 12.9 Å². The highest BCUT2D eigenvalue weighted by Crippen LogP contribution is 2.41. The lowest BCUT2D eigenvalue weighted by atomic mass is 9.74. The molecule has 0 fully saturated rings. The van der Waals surface area contributed by atoms with Gasteiger partial charge in [-0.15, -0.1) is 11.3 Å². The third-order valence-corrected chi connectivity index (χ3v) is 8.45. The van der Waals surface area contributed by atoms with Gasteiger partial charge in [-0.2, -0.15) is 0 Å². The van der Waals surface area contributed by atoms with Crippen molar-refractivity contribution in [3.8, 4) is 0 Å². The molecule has 0 aliphatic carbocycles. The fourth-order valence-corrected chi connectivity index (χ4v) is 5.55. The molecule has 0 radical (unpaired) electrons. The Kier molecular flexibility index (Phi) is 9.13. The van der Waals surface area contributed by atoms with E-state index in [4.69, 9.17) is 4.98 Å². The number of aromatic nitrogens is 1. The number of unbranched alkanes of at least 4 members (excludes halogenated alkanes) is 5. The van der Waals surface area contributed by atoms with Crippen LogP contribution < -0.4 is 0 Å². The van der Waals surface area contributed by atoms with Crippen molar-refractivity contribution in [2.45, 2.75) is 123 Å². The van der Waals surface area contributed by atoms with Crippen LogP contribution in [0.3, 0.4) is 0 Å². The number of rotatable bonds is 13. The summed E-state index contributed by atoms with van der Waals surface area (Å²) in [5, 5.41) is 1.09. The lowest BCUT2D eigenvalue weighted by Crippen LogP contribution is -2.22. The predicted molar refractivity (Wildman–Crippen MR) is 128 cm³/mol. The summed E-state index contributed by atoms with van der Waals surface area (Å²) in [6.45, 7) is 13.5. The Hall–Kier alpha value is -0.960. The van der Waals surface area contributed by atoms with Crippen molar-refractivity contribution in [1.29, 1.82) is 0 Å². The monoisotopic (exact) mass is 419 g/mol. The first-order chi connectivity index (χ1) is 13.8. The second-order valence-electron chi connectivity index (χ2n) is 9.42. The molecule has 0 N–H and O–H groups in total. The van der Waals surface area contributed by atoms with E-state index in [9.17, 15) is 0 Å². The maximum absolute atomic E-state index is 15.1. The molecule has 0 amide bonds. The van der Waals surface area contributed by atoms with Crippen molar-refractivity contribution < 1.29 is 4.39 Å². The summed E-state index contributed by atoms with van der Waals surface area (Å²) in [7, 11) is 0. The lowest BCUT2D eigenvalue weighted by Gasteiger charge is -2.31. The fraction of sp³-hybridized carbons (Fsp3) is 0.731. The van der Waals surface area contributed by atoms with Crippen molar-refractivity contribution in [2.24, 2.45) is 0 Å². The Morgan fingerprint density at radius 1 is 0.828 bits per heavy atom. The first-order valence-electron chi connectivity index (χ1n) is 11.9. The molecule has 1 aromatic carbocycles. The average molecular weight is 420 g/mol. The third-order valence-electron chi connectivity index (χ3n) is 7.14. The maximum atomic E-state index is 15.1. The number of fused-ring (bicyclic) bond motifs is 1. The summed E-state index contributed by atoms with van der Waals surface area (Å²) in [5.74, 6) is -0.136. The number of hydrogen-bond acceptors (Lipinski definition) is 2. The van der Waals surface area contributed by atoms with Crippen LogP contribution in [0, 0.1) is 5.82 Å². The Labute approximate surface area is 182 Å². The molecule has 0 aliphatic rings. The van der Waals surface area contributed by atoms with Gasteiger partial charge in [-0.05, 0) is 48.8 Å². The maximum Gasteiger partial charge on any atom is 0.150 e. The van der Waals surface area contributed by atoms with E-state index in [1.807, 2.05) is 0 Å². The Morgan fingerprint density at radius 2 is 1.45 bits per heavy atom.